The molecule has 0 aromatic heterocycles. The van der Waals surface area contributed by atoms with Crippen molar-refractivity contribution in [3.8, 4) is 29.0 Å². The number of benzene rings is 2. The quantitative estimate of drug-likeness (QED) is 0.826. The summed E-state index contributed by atoms with van der Waals surface area (Å²) in [6, 6.07) is 21.1. The molecule has 0 bridgehead atoms. The molecular formula is C17H15BrN2O. The van der Waals surface area contributed by atoms with Gasteiger partial charge in [-0.25, -0.2) is 0 Å². The maximum Gasteiger partial charge on any atom is 0.123 e. The minimum Gasteiger partial charge on any atom is -0.507 e. The number of alkyl halides is 1. The smallest absolute Gasteiger partial charge is 0.123 e. The number of para-hydroxylation sites is 1. The fraction of sp³-hybridized carbons (Fsp3) is 0.176. The van der Waals surface area contributed by atoms with Crippen molar-refractivity contribution >= 4 is 15.9 Å². The Kier molecular flexibility index (Phi) is 7.64. The Bertz CT molecular complexity index is 629. The fourth-order valence-electron chi connectivity index (χ4n) is 1.59. The number of nitrogens with zero attached hydrogens (tertiary/aromatic N) is 2. The third kappa shape index (κ3) is 6.12. The molecule has 106 valence electrons. The van der Waals surface area contributed by atoms with Crippen LogP contribution in [0.25, 0.3) is 11.1 Å². The van der Waals surface area contributed by atoms with Crippen molar-refractivity contribution in [3.05, 3.63) is 54.6 Å². The van der Waals surface area contributed by atoms with E-state index in [-0.39, 0.29) is 4.83 Å². The third-order valence-electron chi connectivity index (χ3n) is 2.64. The Hall–Kier alpha value is -2.30. The van der Waals surface area contributed by atoms with Crippen molar-refractivity contribution in [2.45, 2.75) is 17.7 Å². The lowest BCUT2D eigenvalue weighted by Crippen LogP contribution is -1.89. The van der Waals surface area contributed by atoms with Crippen molar-refractivity contribution in [1.82, 2.24) is 0 Å². The molecule has 2 aromatic carbocycles. The molecule has 1 atom stereocenters. The number of hydrogen-bond acceptors (Lipinski definition) is 3. The molecule has 0 radical (unpaired) electrons. The Morgan fingerprint density at radius 2 is 1.62 bits per heavy atom. The average Bonchev–Trinajstić information content (AvgIpc) is 2.54. The molecule has 0 amide bonds. The van der Waals surface area contributed by atoms with E-state index in [0.717, 1.165) is 11.1 Å². The molecule has 0 saturated heterocycles. The molecule has 2 rings (SSSR count). The summed E-state index contributed by atoms with van der Waals surface area (Å²) in [6.07, 6.45) is 1.07. The molecule has 21 heavy (non-hydrogen) atoms. The van der Waals surface area contributed by atoms with Gasteiger partial charge in [0, 0.05) is 12.0 Å². The molecule has 1 N–H and O–H groups in total. The van der Waals surface area contributed by atoms with Crippen molar-refractivity contribution in [3.63, 3.8) is 0 Å². The molecule has 3 nitrogen and oxygen atoms in total. The normalized spacial score (nSPS) is 10.4. The van der Waals surface area contributed by atoms with Gasteiger partial charge in [0.2, 0.25) is 0 Å². The van der Waals surface area contributed by atoms with Gasteiger partial charge in [-0.2, -0.15) is 10.5 Å². The molecule has 0 heterocycles. The van der Waals surface area contributed by atoms with E-state index in [1.165, 1.54) is 0 Å². The first-order valence-electron chi connectivity index (χ1n) is 6.43. The van der Waals surface area contributed by atoms with Crippen molar-refractivity contribution < 1.29 is 5.11 Å². The van der Waals surface area contributed by atoms with Gasteiger partial charge in [0.25, 0.3) is 0 Å². The molecule has 0 saturated carbocycles. The zero-order chi connectivity index (χ0) is 15.5. The van der Waals surface area contributed by atoms with Crippen molar-refractivity contribution in [2.75, 3.05) is 0 Å². The van der Waals surface area contributed by atoms with E-state index >= 15 is 0 Å². The van der Waals surface area contributed by atoms with E-state index in [0.29, 0.717) is 18.6 Å². The Labute approximate surface area is 133 Å². The second-order valence-electron chi connectivity index (χ2n) is 4.18. The number of nitriles is 2. The first kappa shape index (κ1) is 16.8. The molecule has 0 aliphatic carbocycles. The zero-order valence-corrected chi connectivity index (χ0v) is 13.0. The van der Waals surface area contributed by atoms with Crippen LogP contribution in [0.4, 0.5) is 0 Å². The second-order valence-corrected chi connectivity index (χ2v) is 5.28. The van der Waals surface area contributed by atoms with E-state index in [9.17, 15) is 5.11 Å². The molecule has 0 spiro atoms. The predicted molar refractivity (Wildman–Crippen MR) is 86.7 cm³/mol. The highest BCUT2D eigenvalue weighted by atomic mass is 79.9. The number of phenolic OH excluding ortho intramolecular Hbond substituents is 1. The number of aromatic hydroxyl groups is 1. The maximum atomic E-state index is 9.56. The van der Waals surface area contributed by atoms with Crippen LogP contribution in [0.5, 0.6) is 5.75 Å². The lowest BCUT2D eigenvalue weighted by atomic mass is 10.1. The first-order valence-corrected chi connectivity index (χ1v) is 7.34. The summed E-state index contributed by atoms with van der Waals surface area (Å²) in [5.41, 5.74) is 1.92. The summed E-state index contributed by atoms with van der Waals surface area (Å²) in [5, 5.41) is 25.7. The third-order valence-corrected chi connectivity index (χ3v) is 3.30. The Morgan fingerprint density at radius 1 is 1.00 bits per heavy atom. The highest BCUT2D eigenvalue weighted by molar-refractivity contribution is 9.09. The second kappa shape index (κ2) is 9.58. The number of halogens is 1. The van der Waals surface area contributed by atoms with Gasteiger partial charge < -0.3 is 5.11 Å². The lowest BCUT2D eigenvalue weighted by Gasteiger charge is -2.02. The van der Waals surface area contributed by atoms with Crippen molar-refractivity contribution in [2.24, 2.45) is 0 Å². The summed E-state index contributed by atoms with van der Waals surface area (Å²) in [6.45, 7) is 0. The van der Waals surface area contributed by atoms with Crippen LogP contribution in [0.2, 0.25) is 0 Å². The summed E-state index contributed by atoms with van der Waals surface area (Å²) in [5.74, 6) is 0.328. The van der Waals surface area contributed by atoms with Gasteiger partial charge in [-0.15, -0.1) is 0 Å². The topological polar surface area (TPSA) is 67.8 Å². The van der Waals surface area contributed by atoms with Gasteiger partial charge in [-0.05, 0) is 18.1 Å². The van der Waals surface area contributed by atoms with E-state index in [1.807, 2.05) is 60.7 Å². The Balaban J connectivity index is 0.000000240. The summed E-state index contributed by atoms with van der Waals surface area (Å²) in [7, 11) is 0. The minimum absolute atomic E-state index is 0.151. The molecule has 0 aliphatic rings. The van der Waals surface area contributed by atoms with Gasteiger partial charge in [0.1, 0.15) is 10.6 Å². The van der Waals surface area contributed by atoms with E-state index in [2.05, 4.69) is 15.9 Å². The van der Waals surface area contributed by atoms with Crippen LogP contribution in [0.3, 0.4) is 0 Å². The monoisotopic (exact) mass is 342 g/mol. The average molecular weight is 343 g/mol. The van der Waals surface area contributed by atoms with Crippen LogP contribution in [-0.4, -0.2) is 9.93 Å². The van der Waals surface area contributed by atoms with Crippen LogP contribution in [-0.2, 0) is 0 Å². The fourth-order valence-corrected chi connectivity index (χ4v) is 1.82. The van der Waals surface area contributed by atoms with Gasteiger partial charge in [0.05, 0.1) is 12.1 Å². The summed E-state index contributed by atoms with van der Waals surface area (Å²) >= 11 is 3.07. The van der Waals surface area contributed by atoms with Crippen molar-refractivity contribution in [1.29, 1.82) is 10.5 Å². The lowest BCUT2D eigenvalue weighted by molar-refractivity contribution is 0.477. The van der Waals surface area contributed by atoms with Crippen LogP contribution >= 0.6 is 15.9 Å². The largest absolute Gasteiger partial charge is 0.507 e. The van der Waals surface area contributed by atoms with E-state index in [1.54, 1.807) is 6.07 Å². The van der Waals surface area contributed by atoms with Crippen LogP contribution in [0.15, 0.2) is 54.6 Å². The summed E-state index contributed by atoms with van der Waals surface area (Å²) < 4.78 is 0. The van der Waals surface area contributed by atoms with Crippen LogP contribution in [0.1, 0.15) is 12.8 Å². The van der Waals surface area contributed by atoms with E-state index in [4.69, 9.17) is 10.5 Å². The predicted octanol–water partition coefficient (Wildman–Crippen LogP) is 4.64. The van der Waals surface area contributed by atoms with Gasteiger partial charge in [0.15, 0.2) is 0 Å². The Morgan fingerprint density at radius 3 is 2.19 bits per heavy atom. The van der Waals surface area contributed by atoms with Gasteiger partial charge in [-0.3, -0.25) is 0 Å². The maximum absolute atomic E-state index is 9.56. The zero-order valence-electron chi connectivity index (χ0n) is 11.4. The summed E-state index contributed by atoms with van der Waals surface area (Å²) in [4.78, 5) is -0.151. The van der Waals surface area contributed by atoms with Crippen LogP contribution < -0.4 is 0 Å². The van der Waals surface area contributed by atoms with Gasteiger partial charge in [-0.1, -0.05) is 64.5 Å². The van der Waals surface area contributed by atoms with Crippen LogP contribution in [0, 0.1) is 22.7 Å². The highest BCUT2D eigenvalue weighted by Gasteiger charge is 2.00. The SMILES string of the molecule is N#CCCC(Br)C#N.Oc1ccccc1-c1ccccc1. The molecule has 2 aromatic rings. The molecule has 1 unspecified atom stereocenters. The molecule has 0 aliphatic heterocycles. The van der Waals surface area contributed by atoms with Gasteiger partial charge >= 0.3 is 0 Å². The highest BCUT2D eigenvalue weighted by Crippen LogP contribution is 2.27. The standard InChI is InChI=1S/C12H10O.C5H5BrN2/c13-12-9-5-4-8-11(12)10-6-2-1-3-7-10;6-5(4-8)2-1-3-7/h1-9,13H;5H,1-2H2. The minimum atomic E-state index is -0.151. The molecular weight excluding hydrogens is 328 g/mol. The number of hydrogen-bond donors (Lipinski definition) is 1. The molecule has 4 heteroatoms. The number of phenols is 1. The molecule has 0 fully saturated rings. The first-order chi connectivity index (χ1) is 10.2. The number of rotatable bonds is 3. The van der Waals surface area contributed by atoms with E-state index < -0.39 is 0 Å².